The molecule has 0 nitrogen and oxygen atoms in total. The van der Waals surface area contributed by atoms with Gasteiger partial charge in [0.15, 0.2) is 0 Å². The Labute approximate surface area is 99.6 Å². The first kappa shape index (κ1) is 12.1. The van der Waals surface area contributed by atoms with E-state index in [1.165, 1.54) is 0 Å². The van der Waals surface area contributed by atoms with Crippen molar-refractivity contribution in [1.82, 2.24) is 0 Å². The minimum atomic E-state index is -2.58. The Morgan fingerprint density at radius 2 is 1.71 bits per heavy atom. The van der Waals surface area contributed by atoms with E-state index in [4.69, 9.17) is 33.2 Å². The number of rotatable bonds is 3. The molecule has 4 heteroatoms. The molecule has 1 rings (SSSR count). The molecule has 0 aliphatic carbocycles. The van der Waals surface area contributed by atoms with Crippen LogP contribution in [0.5, 0.6) is 0 Å². The van der Waals surface area contributed by atoms with Gasteiger partial charge in [-0.2, -0.15) is 0 Å². The third kappa shape index (κ3) is 4.05. The van der Waals surface area contributed by atoms with E-state index in [1.54, 1.807) is 0 Å². The number of halogens is 3. The average Bonchev–Trinajstić information content (AvgIpc) is 2.14. The van der Waals surface area contributed by atoms with Crippen LogP contribution in [0.25, 0.3) is 6.08 Å². The molecule has 1 atom stereocenters. The maximum Gasteiger partial charge on any atom is 0.347 e. The van der Waals surface area contributed by atoms with Gasteiger partial charge in [-0.1, -0.05) is 49.4 Å². The zero-order chi connectivity index (χ0) is 10.6. The average molecular weight is 266 g/mol. The quantitative estimate of drug-likeness (QED) is 0.547. The summed E-state index contributed by atoms with van der Waals surface area (Å²) in [4.78, 5) is 0. The van der Waals surface area contributed by atoms with E-state index in [0.717, 1.165) is 5.56 Å². The molecule has 0 amide bonds. The van der Waals surface area contributed by atoms with E-state index >= 15 is 0 Å². The highest BCUT2D eigenvalue weighted by atomic mass is 35.8. The van der Waals surface area contributed by atoms with Crippen molar-refractivity contribution in [2.45, 2.75) is 12.5 Å². The fourth-order valence-electron chi connectivity index (χ4n) is 0.929. The summed E-state index contributed by atoms with van der Waals surface area (Å²) in [6.07, 6.45) is 3.94. The molecule has 0 heterocycles. The molecule has 0 N–H and O–H groups in total. The predicted molar refractivity (Wildman–Crippen MR) is 68.2 cm³/mol. The maximum atomic E-state index is 5.87. The van der Waals surface area contributed by atoms with Gasteiger partial charge in [0.1, 0.15) is 0 Å². The highest BCUT2D eigenvalue weighted by molar-refractivity contribution is 7.65. The summed E-state index contributed by atoms with van der Waals surface area (Å²) in [5, 5.41) is 0. The van der Waals surface area contributed by atoms with Crippen LogP contribution in [0.1, 0.15) is 12.5 Å². The monoisotopic (exact) mass is 264 g/mol. The van der Waals surface area contributed by atoms with Crippen LogP contribution in [0.15, 0.2) is 36.4 Å². The van der Waals surface area contributed by atoms with Gasteiger partial charge in [0.25, 0.3) is 0 Å². The highest BCUT2D eigenvalue weighted by Gasteiger charge is 2.31. The van der Waals surface area contributed by atoms with Gasteiger partial charge < -0.3 is 0 Å². The summed E-state index contributed by atoms with van der Waals surface area (Å²) in [6, 6.07) is 7.39. The van der Waals surface area contributed by atoms with E-state index in [0.29, 0.717) is 0 Å². The maximum absolute atomic E-state index is 5.87. The zero-order valence-electron chi connectivity index (χ0n) is 7.75. The van der Waals surface area contributed by atoms with Gasteiger partial charge in [-0.3, -0.25) is 0 Å². The van der Waals surface area contributed by atoms with Crippen molar-refractivity contribution in [1.29, 1.82) is 0 Å². The molecule has 0 saturated carbocycles. The van der Waals surface area contributed by atoms with Crippen LogP contribution in [0, 0.1) is 0 Å². The van der Waals surface area contributed by atoms with Crippen LogP contribution in [-0.2, 0) is 0 Å². The third-order valence-electron chi connectivity index (χ3n) is 1.89. The summed E-state index contributed by atoms with van der Waals surface area (Å²) in [7, 11) is 0. The fourth-order valence-corrected chi connectivity index (χ4v) is 1.90. The molecule has 0 aromatic heterocycles. The fraction of sp³-hybridized carbons (Fsp3) is 0.200. The van der Waals surface area contributed by atoms with Crippen molar-refractivity contribution >= 4 is 45.3 Å². The number of benzene rings is 1. The third-order valence-corrected chi connectivity index (χ3v) is 6.22. The van der Waals surface area contributed by atoms with Gasteiger partial charge in [0, 0.05) is 5.54 Å². The van der Waals surface area contributed by atoms with Crippen molar-refractivity contribution in [3.05, 3.63) is 42.0 Å². The topological polar surface area (TPSA) is 0 Å². The van der Waals surface area contributed by atoms with Gasteiger partial charge in [0.2, 0.25) is 0 Å². The van der Waals surface area contributed by atoms with Gasteiger partial charge in [-0.05, 0) is 5.56 Å². The number of hydrogen-bond acceptors (Lipinski definition) is 0. The van der Waals surface area contributed by atoms with Crippen LogP contribution < -0.4 is 0 Å². The summed E-state index contributed by atoms with van der Waals surface area (Å²) in [5.41, 5.74) is 1.16. The Morgan fingerprint density at radius 1 is 1.14 bits per heavy atom. The van der Waals surface area contributed by atoms with E-state index in [-0.39, 0.29) is 5.54 Å². The van der Waals surface area contributed by atoms with Crippen molar-refractivity contribution in [3.63, 3.8) is 0 Å². The Balaban J connectivity index is 2.66. The van der Waals surface area contributed by atoms with E-state index in [1.807, 2.05) is 49.4 Å². The van der Waals surface area contributed by atoms with Crippen LogP contribution >= 0.6 is 33.2 Å². The lowest BCUT2D eigenvalue weighted by Crippen LogP contribution is -2.14. The van der Waals surface area contributed by atoms with Crippen LogP contribution in [-0.4, -0.2) is 6.00 Å². The summed E-state index contributed by atoms with van der Waals surface area (Å²) < 4.78 is 0. The van der Waals surface area contributed by atoms with Crippen LogP contribution in [0.3, 0.4) is 0 Å². The Morgan fingerprint density at radius 3 is 2.21 bits per heavy atom. The molecule has 1 aromatic carbocycles. The zero-order valence-corrected chi connectivity index (χ0v) is 11.0. The molecule has 0 spiro atoms. The molecule has 0 radical (unpaired) electrons. The molecule has 0 aliphatic heterocycles. The van der Waals surface area contributed by atoms with Crippen molar-refractivity contribution in [2.24, 2.45) is 0 Å². The van der Waals surface area contributed by atoms with Gasteiger partial charge >= 0.3 is 6.00 Å². The molecule has 14 heavy (non-hydrogen) atoms. The molecule has 0 bridgehead atoms. The standard InChI is InChI=1S/C10H11Cl3Si/c1-9(14(11,12)13)7-8-10-5-3-2-4-6-10/h2-9H,1H3. The summed E-state index contributed by atoms with van der Waals surface area (Å²) in [5.74, 6) is 0. The smallest absolute Gasteiger partial charge is 0.125 e. The molecule has 0 saturated heterocycles. The lowest BCUT2D eigenvalue weighted by atomic mass is 10.2. The first-order chi connectivity index (χ1) is 6.50. The molecule has 0 aliphatic rings. The second-order valence-electron chi connectivity index (χ2n) is 3.10. The van der Waals surface area contributed by atoms with Crippen molar-refractivity contribution in [3.8, 4) is 0 Å². The summed E-state index contributed by atoms with van der Waals surface area (Å²) in [6.45, 7) is 1.93. The highest BCUT2D eigenvalue weighted by Crippen LogP contribution is 2.34. The molecular weight excluding hydrogens is 255 g/mol. The van der Waals surface area contributed by atoms with Crippen LogP contribution in [0.4, 0.5) is 0 Å². The molecule has 1 unspecified atom stereocenters. The molecule has 0 fully saturated rings. The number of allylic oxidation sites excluding steroid dienone is 1. The minimum Gasteiger partial charge on any atom is -0.125 e. The van der Waals surface area contributed by atoms with Gasteiger partial charge in [0.05, 0.1) is 0 Å². The molecule has 1 aromatic rings. The Bertz CT molecular complexity index is 303. The largest absolute Gasteiger partial charge is 0.347 e. The Hall–Kier alpha value is 0.0469. The lowest BCUT2D eigenvalue weighted by molar-refractivity contribution is 1.20. The molecular formula is C10H11Cl3Si. The van der Waals surface area contributed by atoms with Crippen molar-refractivity contribution in [2.75, 3.05) is 0 Å². The first-order valence-electron chi connectivity index (χ1n) is 4.30. The lowest BCUT2D eigenvalue weighted by Gasteiger charge is -2.12. The van der Waals surface area contributed by atoms with Gasteiger partial charge in [-0.25, -0.2) is 0 Å². The van der Waals surface area contributed by atoms with Crippen molar-refractivity contribution < 1.29 is 0 Å². The summed E-state index contributed by atoms with van der Waals surface area (Å²) >= 11 is 17.6. The van der Waals surface area contributed by atoms with E-state index in [9.17, 15) is 0 Å². The SMILES string of the molecule is CC(C=Cc1ccccc1)[Si](Cl)(Cl)Cl. The molecule has 76 valence electrons. The van der Waals surface area contributed by atoms with E-state index in [2.05, 4.69) is 0 Å². The number of hydrogen-bond donors (Lipinski definition) is 0. The first-order valence-corrected chi connectivity index (χ1v) is 9.41. The Kier molecular flexibility index (Phi) is 4.52. The van der Waals surface area contributed by atoms with Crippen LogP contribution in [0.2, 0.25) is 5.54 Å². The second kappa shape index (κ2) is 5.22. The van der Waals surface area contributed by atoms with Gasteiger partial charge in [-0.15, -0.1) is 33.2 Å². The normalized spacial score (nSPS) is 14.6. The predicted octanol–water partition coefficient (Wildman–Crippen LogP) is 4.75. The van der Waals surface area contributed by atoms with E-state index < -0.39 is 6.00 Å². The second-order valence-corrected chi connectivity index (χ2v) is 12.2. The minimum absolute atomic E-state index is 0.0349.